The number of anilines is 1. The van der Waals surface area contributed by atoms with Crippen molar-refractivity contribution in [2.45, 2.75) is 26.7 Å². The van der Waals surface area contributed by atoms with Gasteiger partial charge in [-0.15, -0.1) is 0 Å². The van der Waals surface area contributed by atoms with Crippen LogP contribution in [0.25, 0.3) is 11.3 Å². The Morgan fingerprint density at radius 3 is 2.62 bits per heavy atom. The number of rotatable bonds is 6. The molecule has 1 N–H and O–H groups in total. The van der Waals surface area contributed by atoms with Crippen molar-refractivity contribution < 1.29 is 0 Å². The van der Waals surface area contributed by atoms with E-state index < -0.39 is 0 Å². The fourth-order valence-corrected chi connectivity index (χ4v) is 2.55. The first-order valence-corrected chi connectivity index (χ1v) is 8.26. The lowest BCUT2D eigenvalue weighted by Gasteiger charge is -2.07. The highest BCUT2D eigenvalue weighted by molar-refractivity contribution is 5.60. The summed E-state index contributed by atoms with van der Waals surface area (Å²) in [4.78, 5) is 13.1. The number of hydrogen-bond acceptors (Lipinski definition) is 4. The van der Waals surface area contributed by atoms with Gasteiger partial charge in [0.2, 0.25) is 0 Å². The molecule has 0 unspecified atom stereocenters. The zero-order chi connectivity index (χ0) is 16.8. The number of benzene rings is 1. The number of hydrogen-bond donors (Lipinski definition) is 1. The van der Waals surface area contributed by atoms with E-state index in [9.17, 15) is 0 Å². The van der Waals surface area contributed by atoms with E-state index in [0.29, 0.717) is 0 Å². The molecule has 3 aromatic rings. The van der Waals surface area contributed by atoms with Crippen LogP contribution in [0.1, 0.15) is 23.2 Å². The molecular formula is C20H22N4. The Kier molecular flexibility index (Phi) is 5.16. The van der Waals surface area contributed by atoms with Gasteiger partial charge in [-0.2, -0.15) is 0 Å². The van der Waals surface area contributed by atoms with Crippen LogP contribution in [0.5, 0.6) is 0 Å². The fraction of sp³-hybridized carbons (Fsp3) is 0.250. The predicted octanol–water partition coefficient (Wildman–Crippen LogP) is 4.20. The highest BCUT2D eigenvalue weighted by Crippen LogP contribution is 2.20. The van der Waals surface area contributed by atoms with Crippen molar-refractivity contribution in [2.75, 3.05) is 11.9 Å². The number of pyridine rings is 1. The van der Waals surface area contributed by atoms with Gasteiger partial charge in [0.1, 0.15) is 12.1 Å². The normalized spacial score (nSPS) is 10.6. The molecule has 24 heavy (non-hydrogen) atoms. The van der Waals surface area contributed by atoms with Crippen molar-refractivity contribution in [1.29, 1.82) is 0 Å². The minimum atomic E-state index is 0.875. The molecule has 4 nitrogen and oxygen atoms in total. The monoisotopic (exact) mass is 318 g/mol. The van der Waals surface area contributed by atoms with Crippen molar-refractivity contribution in [3.8, 4) is 11.3 Å². The summed E-state index contributed by atoms with van der Waals surface area (Å²) in [5.41, 5.74) is 5.79. The Labute approximate surface area is 143 Å². The molecule has 122 valence electrons. The summed E-state index contributed by atoms with van der Waals surface area (Å²) in [6.07, 6.45) is 5.37. The zero-order valence-electron chi connectivity index (χ0n) is 14.2. The number of nitrogens with zero attached hydrogens (tertiary/aromatic N) is 3. The standard InChI is InChI=1S/C20H22N4/c1-15-8-9-17(12-16(15)2)19-13-18(23-14-24-19)6-5-11-22-20-7-3-4-10-21-20/h3-4,7-10,12-14H,5-6,11H2,1-2H3,(H,21,22). The second kappa shape index (κ2) is 7.68. The van der Waals surface area contributed by atoms with Crippen molar-refractivity contribution in [2.24, 2.45) is 0 Å². The SMILES string of the molecule is Cc1ccc(-c2cc(CCCNc3ccccn3)ncn2)cc1C. The first-order chi connectivity index (χ1) is 11.7. The van der Waals surface area contributed by atoms with E-state index in [1.807, 2.05) is 18.2 Å². The second-order valence-electron chi connectivity index (χ2n) is 5.94. The summed E-state index contributed by atoms with van der Waals surface area (Å²) >= 11 is 0. The van der Waals surface area contributed by atoms with E-state index in [1.54, 1.807) is 12.5 Å². The van der Waals surface area contributed by atoms with Crippen molar-refractivity contribution >= 4 is 5.82 Å². The van der Waals surface area contributed by atoms with Gasteiger partial charge in [0.15, 0.2) is 0 Å². The molecule has 1 aromatic carbocycles. The predicted molar refractivity (Wildman–Crippen MR) is 98.0 cm³/mol. The Morgan fingerprint density at radius 2 is 1.83 bits per heavy atom. The Balaban J connectivity index is 1.60. The maximum absolute atomic E-state index is 4.42. The van der Waals surface area contributed by atoms with Gasteiger partial charge >= 0.3 is 0 Å². The van der Waals surface area contributed by atoms with Crippen molar-refractivity contribution in [1.82, 2.24) is 15.0 Å². The molecule has 4 heteroatoms. The Hall–Kier alpha value is -2.75. The molecule has 0 aliphatic heterocycles. The molecule has 0 amide bonds. The van der Waals surface area contributed by atoms with Crippen LogP contribution in [0, 0.1) is 13.8 Å². The molecule has 0 spiro atoms. The summed E-state index contributed by atoms with van der Waals surface area (Å²) in [5.74, 6) is 0.913. The maximum atomic E-state index is 4.42. The Bertz CT molecular complexity index is 800. The minimum Gasteiger partial charge on any atom is -0.370 e. The van der Waals surface area contributed by atoms with Gasteiger partial charge in [-0.05, 0) is 62.1 Å². The van der Waals surface area contributed by atoms with Crippen LogP contribution in [-0.4, -0.2) is 21.5 Å². The van der Waals surface area contributed by atoms with E-state index in [-0.39, 0.29) is 0 Å². The summed E-state index contributed by atoms with van der Waals surface area (Å²) in [6.45, 7) is 5.13. The summed E-state index contributed by atoms with van der Waals surface area (Å²) < 4.78 is 0. The third kappa shape index (κ3) is 4.16. The van der Waals surface area contributed by atoms with E-state index in [4.69, 9.17) is 0 Å². The lowest BCUT2D eigenvalue weighted by molar-refractivity contribution is 0.828. The molecular weight excluding hydrogens is 296 g/mol. The molecule has 0 atom stereocenters. The lowest BCUT2D eigenvalue weighted by atomic mass is 10.0. The average Bonchev–Trinajstić information content (AvgIpc) is 2.62. The average molecular weight is 318 g/mol. The molecule has 0 bridgehead atoms. The van der Waals surface area contributed by atoms with E-state index in [0.717, 1.165) is 42.2 Å². The molecule has 0 aliphatic carbocycles. The van der Waals surface area contributed by atoms with Crippen molar-refractivity contribution in [3.05, 3.63) is 71.8 Å². The third-order valence-corrected chi connectivity index (χ3v) is 4.11. The highest BCUT2D eigenvalue weighted by atomic mass is 15.0. The zero-order valence-corrected chi connectivity index (χ0v) is 14.2. The number of nitrogens with one attached hydrogen (secondary N) is 1. The van der Waals surface area contributed by atoms with Crippen LogP contribution in [-0.2, 0) is 6.42 Å². The summed E-state index contributed by atoms with van der Waals surface area (Å²) in [6, 6.07) is 14.4. The smallest absolute Gasteiger partial charge is 0.125 e. The Morgan fingerprint density at radius 1 is 0.917 bits per heavy atom. The van der Waals surface area contributed by atoms with Gasteiger partial charge in [-0.3, -0.25) is 0 Å². The lowest BCUT2D eigenvalue weighted by Crippen LogP contribution is -2.05. The van der Waals surface area contributed by atoms with Crippen LogP contribution >= 0.6 is 0 Å². The molecule has 3 rings (SSSR count). The minimum absolute atomic E-state index is 0.875. The van der Waals surface area contributed by atoms with Gasteiger partial charge in [0.05, 0.1) is 5.69 Å². The molecule has 2 aromatic heterocycles. The fourth-order valence-electron chi connectivity index (χ4n) is 2.55. The molecule has 2 heterocycles. The largest absolute Gasteiger partial charge is 0.370 e. The van der Waals surface area contributed by atoms with Crippen LogP contribution in [0.3, 0.4) is 0 Å². The van der Waals surface area contributed by atoms with E-state index in [1.165, 1.54) is 11.1 Å². The van der Waals surface area contributed by atoms with Crippen LogP contribution in [0.2, 0.25) is 0 Å². The van der Waals surface area contributed by atoms with E-state index >= 15 is 0 Å². The maximum Gasteiger partial charge on any atom is 0.125 e. The molecule has 0 fully saturated rings. The van der Waals surface area contributed by atoms with Gasteiger partial charge in [0, 0.05) is 24.0 Å². The van der Waals surface area contributed by atoms with Crippen molar-refractivity contribution in [3.63, 3.8) is 0 Å². The van der Waals surface area contributed by atoms with Gasteiger partial charge in [0.25, 0.3) is 0 Å². The number of aryl methyl sites for hydroxylation is 3. The summed E-state index contributed by atoms with van der Waals surface area (Å²) in [7, 11) is 0. The van der Waals surface area contributed by atoms with E-state index in [2.05, 4.69) is 58.4 Å². The first-order valence-electron chi connectivity index (χ1n) is 8.26. The van der Waals surface area contributed by atoms with Crippen LogP contribution in [0.4, 0.5) is 5.82 Å². The molecule has 0 saturated heterocycles. The van der Waals surface area contributed by atoms with Crippen LogP contribution < -0.4 is 5.32 Å². The van der Waals surface area contributed by atoms with Gasteiger partial charge in [-0.25, -0.2) is 15.0 Å². The van der Waals surface area contributed by atoms with Gasteiger partial charge in [-0.1, -0.05) is 18.2 Å². The summed E-state index contributed by atoms with van der Waals surface area (Å²) in [5, 5.41) is 3.32. The van der Waals surface area contributed by atoms with Gasteiger partial charge < -0.3 is 5.32 Å². The second-order valence-corrected chi connectivity index (χ2v) is 5.94. The highest BCUT2D eigenvalue weighted by Gasteiger charge is 2.04. The molecule has 0 saturated carbocycles. The first kappa shape index (κ1) is 16.1. The molecule has 0 radical (unpaired) electrons. The third-order valence-electron chi connectivity index (χ3n) is 4.11. The topological polar surface area (TPSA) is 50.7 Å². The quantitative estimate of drug-likeness (QED) is 0.692. The van der Waals surface area contributed by atoms with Crippen LogP contribution in [0.15, 0.2) is 55.0 Å². The molecule has 0 aliphatic rings. The number of aromatic nitrogens is 3.